The number of hydrogen-bond acceptors (Lipinski definition) is 2. The molecule has 0 spiro atoms. The molecule has 3 N–H and O–H groups in total. The molecule has 0 saturated heterocycles. The van der Waals surface area contributed by atoms with Crippen molar-refractivity contribution in [3.63, 3.8) is 0 Å². The molecule has 2 nitrogen and oxygen atoms in total. The summed E-state index contributed by atoms with van der Waals surface area (Å²) in [4.78, 5) is 0. The normalized spacial score (nSPS) is 42.6. The molecular weight excluding hydrogens is 232 g/mol. The molecule has 0 aromatic carbocycles. The highest BCUT2D eigenvalue weighted by Gasteiger charge is 2.53. The van der Waals surface area contributed by atoms with Gasteiger partial charge >= 0.3 is 0 Å². The molecule has 4 saturated carbocycles. The van der Waals surface area contributed by atoms with E-state index in [1.165, 1.54) is 51.4 Å². The van der Waals surface area contributed by atoms with Gasteiger partial charge in [0.15, 0.2) is 0 Å². The summed E-state index contributed by atoms with van der Waals surface area (Å²) in [5.74, 6) is 9.05. The summed E-state index contributed by atoms with van der Waals surface area (Å²) in [6.07, 6.45) is 11.5. The Labute approximate surface area is 118 Å². The van der Waals surface area contributed by atoms with Gasteiger partial charge in [0.05, 0.1) is 0 Å². The van der Waals surface area contributed by atoms with Crippen molar-refractivity contribution < 1.29 is 0 Å². The molecule has 0 aromatic rings. The molecule has 1 atom stereocenters. The van der Waals surface area contributed by atoms with Crippen molar-refractivity contribution in [2.24, 2.45) is 34.4 Å². The topological polar surface area (TPSA) is 38.0 Å². The van der Waals surface area contributed by atoms with Gasteiger partial charge in [0, 0.05) is 6.04 Å². The van der Waals surface area contributed by atoms with Gasteiger partial charge in [-0.2, -0.15) is 0 Å². The van der Waals surface area contributed by atoms with E-state index in [4.69, 9.17) is 5.84 Å². The lowest BCUT2D eigenvalue weighted by atomic mass is 9.47. The van der Waals surface area contributed by atoms with E-state index in [0.29, 0.717) is 16.9 Å². The summed E-state index contributed by atoms with van der Waals surface area (Å²) >= 11 is 0. The minimum Gasteiger partial charge on any atom is -0.271 e. The van der Waals surface area contributed by atoms with E-state index in [1.54, 1.807) is 0 Å². The maximum Gasteiger partial charge on any atom is 0.0267 e. The average Bonchev–Trinajstić information content (AvgIpc) is 2.25. The van der Waals surface area contributed by atoms with Gasteiger partial charge in [-0.3, -0.25) is 11.3 Å². The Morgan fingerprint density at radius 2 is 1.53 bits per heavy atom. The van der Waals surface area contributed by atoms with Gasteiger partial charge in [-0.25, -0.2) is 0 Å². The van der Waals surface area contributed by atoms with Crippen LogP contribution in [-0.2, 0) is 0 Å². The molecule has 1 unspecified atom stereocenters. The minimum absolute atomic E-state index is 0.428. The molecule has 4 rings (SSSR count). The van der Waals surface area contributed by atoms with Crippen molar-refractivity contribution in [1.29, 1.82) is 0 Å². The minimum atomic E-state index is 0.428. The predicted molar refractivity (Wildman–Crippen MR) is 80.4 cm³/mol. The molecular formula is C17H32N2. The Hall–Kier alpha value is -0.0800. The fraction of sp³-hybridized carbons (Fsp3) is 1.00. The summed E-state index contributed by atoms with van der Waals surface area (Å²) in [6, 6.07) is 0.556. The van der Waals surface area contributed by atoms with Crippen LogP contribution in [0.1, 0.15) is 72.1 Å². The van der Waals surface area contributed by atoms with Gasteiger partial charge in [-0.05, 0) is 80.0 Å². The van der Waals surface area contributed by atoms with Crippen LogP contribution in [0.5, 0.6) is 0 Å². The average molecular weight is 264 g/mol. The zero-order valence-corrected chi connectivity index (χ0v) is 13.0. The first kappa shape index (κ1) is 13.9. The van der Waals surface area contributed by atoms with E-state index < -0.39 is 0 Å². The molecule has 110 valence electrons. The molecule has 4 aliphatic carbocycles. The van der Waals surface area contributed by atoms with Crippen LogP contribution in [0.3, 0.4) is 0 Å². The monoisotopic (exact) mass is 264 g/mol. The second-order valence-corrected chi connectivity index (χ2v) is 9.10. The van der Waals surface area contributed by atoms with E-state index in [0.717, 1.165) is 17.8 Å². The van der Waals surface area contributed by atoms with Crippen molar-refractivity contribution in [3.8, 4) is 0 Å². The molecule has 2 heteroatoms. The SMILES string of the molecule is CC(C)(C)CCC(NN)C12CC3CC(CC(C3)C1)C2. The van der Waals surface area contributed by atoms with Crippen molar-refractivity contribution in [2.45, 2.75) is 78.2 Å². The third-order valence-electron chi connectivity index (χ3n) is 6.21. The zero-order chi connectivity index (χ0) is 13.7. The molecule has 0 radical (unpaired) electrons. The van der Waals surface area contributed by atoms with E-state index >= 15 is 0 Å². The van der Waals surface area contributed by atoms with Crippen molar-refractivity contribution in [1.82, 2.24) is 5.43 Å². The third-order valence-corrected chi connectivity index (χ3v) is 6.21. The van der Waals surface area contributed by atoms with Gasteiger partial charge in [-0.15, -0.1) is 0 Å². The van der Waals surface area contributed by atoms with E-state index in [1.807, 2.05) is 0 Å². The lowest BCUT2D eigenvalue weighted by molar-refractivity contribution is -0.0766. The summed E-state index contributed by atoms with van der Waals surface area (Å²) in [7, 11) is 0. The number of nitrogens with one attached hydrogen (secondary N) is 1. The van der Waals surface area contributed by atoms with E-state index in [9.17, 15) is 0 Å². The van der Waals surface area contributed by atoms with Crippen molar-refractivity contribution in [3.05, 3.63) is 0 Å². The number of nitrogens with two attached hydrogens (primary N) is 1. The van der Waals surface area contributed by atoms with E-state index in [2.05, 4.69) is 26.2 Å². The maximum absolute atomic E-state index is 5.97. The Balaban J connectivity index is 1.71. The van der Waals surface area contributed by atoms with Crippen LogP contribution >= 0.6 is 0 Å². The summed E-state index contributed by atoms with van der Waals surface area (Å²) in [6.45, 7) is 7.04. The fourth-order valence-electron chi connectivity index (χ4n) is 5.75. The second kappa shape index (κ2) is 4.73. The van der Waals surface area contributed by atoms with Gasteiger partial charge in [0.1, 0.15) is 0 Å². The molecule has 0 heterocycles. The largest absolute Gasteiger partial charge is 0.271 e. The summed E-state index contributed by atoms with van der Waals surface area (Å²) in [5.41, 5.74) is 4.21. The fourth-order valence-corrected chi connectivity index (χ4v) is 5.75. The Kier molecular flexibility index (Phi) is 3.46. The number of rotatable bonds is 4. The second-order valence-electron chi connectivity index (χ2n) is 9.10. The van der Waals surface area contributed by atoms with Crippen LogP contribution in [0.2, 0.25) is 0 Å². The standard InChI is InChI=1S/C17H32N2/c1-16(2,3)5-4-15(19-18)17-9-12-6-13(10-17)8-14(7-12)11-17/h12-15,19H,4-11,18H2,1-3H3. The predicted octanol–water partition coefficient (Wildman–Crippen LogP) is 3.86. The molecule has 4 bridgehead atoms. The van der Waals surface area contributed by atoms with Crippen molar-refractivity contribution in [2.75, 3.05) is 0 Å². The highest BCUT2D eigenvalue weighted by molar-refractivity contribution is 5.05. The first-order valence-electron chi connectivity index (χ1n) is 8.36. The van der Waals surface area contributed by atoms with Crippen LogP contribution in [-0.4, -0.2) is 6.04 Å². The summed E-state index contributed by atoms with van der Waals surface area (Å²) in [5, 5.41) is 0. The van der Waals surface area contributed by atoms with Gasteiger partial charge in [-0.1, -0.05) is 20.8 Å². The Morgan fingerprint density at radius 3 is 1.89 bits per heavy atom. The molecule has 19 heavy (non-hydrogen) atoms. The van der Waals surface area contributed by atoms with Crippen LogP contribution in [0, 0.1) is 28.6 Å². The summed E-state index contributed by atoms with van der Waals surface area (Å²) < 4.78 is 0. The quantitative estimate of drug-likeness (QED) is 0.597. The van der Waals surface area contributed by atoms with Gasteiger partial charge in [0.2, 0.25) is 0 Å². The third kappa shape index (κ3) is 2.71. The first-order valence-corrected chi connectivity index (χ1v) is 8.36. The maximum atomic E-state index is 5.97. The van der Waals surface area contributed by atoms with Gasteiger partial charge in [0.25, 0.3) is 0 Å². The number of hydrazine groups is 1. The molecule has 4 aliphatic rings. The van der Waals surface area contributed by atoms with Crippen LogP contribution in [0.25, 0.3) is 0 Å². The Morgan fingerprint density at radius 1 is 1.05 bits per heavy atom. The highest BCUT2D eigenvalue weighted by atomic mass is 15.2. The molecule has 0 aromatic heterocycles. The Bertz CT molecular complexity index is 293. The molecule has 0 aliphatic heterocycles. The molecule has 0 amide bonds. The van der Waals surface area contributed by atoms with Crippen LogP contribution < -0.4 is 11.3 Å². The molecule has 4 fully saturated rings. The number of hydrogen-bond donors (Lipinski definition) is 2. The highest BCUT2D eigenvalue weighted by Crippen LogP contribution is 2.61. The van der Waals surface area contributed by atoms with Crippen LogP contribution in [0.4, 0.5) is 0 Å². The zero-order valence-electron chi connectivity index (χ0n) is 13.0. The first-order chi connectivity index (χ1) is 8.90. The van der Waals surface area contributed by atoms with Gasteiger partial charge < -0.3 is 0 Å². The van der Waals surface area contributed by atoms with Crippen LogP contribution in [0.15, 0.2) is 0 Å². The van der Waals surface area contributed by atoms with Crippen molar-refractivity contribution >= 4 is 0 Å². The van der Waals surface area contributed by atoms with E-state index in [-0.39, 0.29) is 0 Å². The lowest BCUT2D eigenvalue weighted by Crippen LogP contribution is -2.57. The smallest absolute Gasteiger partial charge is 0.0267 e. The lowest BCUT2D eigenvalue weighted by Gasteiger charge is -2.59.